The Morgan fingerprint density at radius 3 is 2.36 bits per heavy atom. The van der Waals surface area contributed by atoms with Gasteiger partial charge < -0.3 is 10.4 Å². The van der Waals surface area contributed by atoms with Crippen LogP contribution < -0.4 is 5.32 Å². The van der Waals surface area contributed by atoms with E-state index in [1.165, 1.54) is 25.3 Å². The van der Waals surface area contributed by atoms with Gasteiger partial charge in [-0.05, 0) is 43.7 Å². The molecular weight excluding hydrogens is 322 g/mol. The first-order valence-electron chi connectivity index (χ1n) is 8.49. The molecule has 5 rings (SSSR count). The van der Waals surface area contributed by atoms with Gasteiger partial charge in [0.15, 0.2) is 11.6 Å². The number of pyridine rings is 1. The molecule has 2 N–H and O–H groups in total. The molecule has 4 aliphatic rings. The monoisotopic (exact) mass is 341 g/mol. The van der Waals surface area contributed by atoms with E-state index in [0.717, 1.165) is 17.7 Å². The molecule has 2 fully saturated rings. The highest BCUT2D eigenvalue weighted by atomic mass is 16.3. The highest BCUT2D eigenvalue weighted by molar-refractivity contribution is 6.10. The Kier molecular flexibility index (Phi) is 3.59. The largest absolute Gasteiger partial charge is 0.504 e. The molecule has 7 nitrogen and oxygen atoms in total. The normalized spacial score (nSPS) is 31.2. The maximum atomic E-state index is 12.8. The summed E-state index contributed by atoms with van der Waals surface area (Å²) in [5.74, 6) is -1.73. The average Bonchev–Trinajstić information content (AvgIpc) is 2.90. The molecule has 1 saturated heterocycles. The number of likely N-dealkylation sites (tertiary alicyclic amines) is 1. The van der Waals surface area contributed by atoms with Crippen LogP contribution in [0.2, 0.25) is 0 Å². The fourth-order valence-corrected chi connectivity index (χ4v) is 4.31. The standard InChI is InChI=1S/C18H19N3O4/c1-9(16(23)20-15-12(22)3-2-8-19-15)21-17(24)13-10-4-5-11(7-6-10)14(13)18(21)25/h2-5,8-11,13-14,22H,6-7H2,1H3,(H,19,20,23)/t9-,10+,11+,13+,14+/m1/s1. The van der Waals surface area contributed by atoms with Gasteiger partial charge in [-0.25, -0.2) is 4.98 Å². The molecule has 1 aliphatic heterocycles. The summed E-state index contributed by atoms with van der Waals surface area (Å²) in [4.78, 5) is 43.2. The number of fused-ring (bicyclic) bond motifs is 1. The molecular formula is C18H19N3O4. The van der Waals surface area contributed by atoms with E-state index in [2.05, 4.69) is 10.3 Å². The Labute approximate surface area is 144 Å². The van der Waals surface area contributed by atoms with Crippen LogP contribution in [0, 0.1) is 23.7 Å². The SMILES string of the molecule is C[C@H](C(=O)Nc1ncccc1O)N1C(=O)[C@@H]2[C@@H](C1=O)[C@H]1C=C[C@H]2CC1. The predicted molar refractivity (Wildman–Crippen MR) is 88.2 cm³/mol. The van der Waals surface area contributed by atoms with E-state index in [9.17, 15) is 19.5 Å². The van der Waals surface area contributed by atoms with Crippen molar-refractivity contribution in [3.8, 4) is 5.75 Å². The molecule has 1 aromatic rings. The molecule has 2 heterocycles. The third-order valence-electron chi connectivity index (χ3n) is 5.59. The third-order valence-corrected chi connectivity index (χ3v) is 5.59. The van der Waals surface area contributed by atoms with E-state index >= 15 is 0 Å². The summed E-state index contributed by atoms with van der Waals surface area (Å²) in [6, 6.07) is 1.98. The van der Waals surface area contributed by atoms with E-state index < -0.39 is 11.9 Å². The summed E-state index contributed by atoms with van der Waals surface area (Å²) in [5, 5.41) is 12.2. The summed E-state index contributed by atoms with van der Waals surface area (Å²) >= 11 is 0. The van der Waals surface area contributed by atoms with Crippen molar-refractivity contribution >= 4 is 23.5 Å². The zero-order valence-corrected chi connectivity index (χ0v) is 13.8. The fraction of sp³-hybridized carbons (Fsp3) is 0.444. The Bertz CT molecular complexity index is 758. The highest BCUT2D eigenvalue weighted by Gasteiger charge is 2.58. The zero-order chi connectivity index (χ0) is 17.7. The van der Waals surface area contributed by atoms with Gasteiger partial charge in [0.2, 0.25) is 17.7 Å². The number of amides is 3. The Hall–Kier alpha value is -2.70. The van der Waals surface area contributed by atoms with E-state index in [1.807, 2.05) is 12.2 Å². The van der Waals surface area contributed by atoms with Gasteiger partial charge in [-0.1, -0.05) is 12.2 Å². The van der Waals surface area contributed by atoms with Gasteiger partial charge in [-0.3, -0.25) is 19.3 Å². The summed E-state index contributed by atoms with van der Waals surface area (Å²) in [6.45, 7) is 1.53. The van der Waals surface area contributed by atoms with Crippen molar-refractivity contribution in [3.63, 3.8) is 0 Å². The first-order chi connectivity index (χ1) is 12.0. The summed E-state index contributed by atoms with van der Waals surface area (Å²) in [7, 11) is 0. The van der Waals surface area contributed by atoms with E-state index in [4.69, 9.17) is 0 Å². The van der Waals surface area contributed by atoms with Gasteiger partial charge in [0.1, 0.15) is 6.04 Å². The minimum absolute atomic E-state index is 0.0117. The van der Waals surface area contributed by atoms with E-state index in [0.29, 0.717) is 0 Å². The molecule has 3 aliphatic carbocycles. The second kappa shape index (κ2) is 5.68. The lowest BCUT2D eigenvalue weighted by Gasteiger charge is -2.38. The maximum Gasteiger partial charge on any atom is 0.248 e. The van der Waals surface area contributed by atoms with Crippen molar-refractivity contribution < 1.29 is 19.5 Å². The number of aromatic hydroxyl groups is 1. The van der Waals surface area contributed by atoms with Crippen LogP contribution in [0.4, 0.5) is 5.82 Å². The van der Waals surface area contributed by atoms with Gasteiger partial charge >= 0.3 is 0 Å². The van der Waals surface area contributed by atoms with Crippen molar-refractivity contribution in [2.45, 2.75) is 25.8 Å². The molecule has 7 heteroatoms. The second-order valence-electron chi connectivity index (χ2n) is 6.92. The molecule has 0 aromatic carbocycles. The summed E-state index contributed by atoms with van der Waals surface area (Å²) < 4.78 is 0. The highest BCUT2D eigenvalue weighted by Crippen LogP contribution is 2.49. The lowest BCUT2D eigenvalue weighted by molar-refractivity contribution is -0.146. The Balaban J connectivity index is 1.55. The topological polar surface area (TPSA) is 99.6 Å². The van der Waals surface area contributed by atoms with Crippen molar-refractivity contribution in [1.29, 1.82) is 0 Å². The van der Waals surface area contributed by atoms with Crippen LogP contribution in [-0.2, 0) is 14.4 Å². The molecule has 1 aromatic heterocycles. The number of nitrogens with zero attached hydrogens (tertiary/aromatic N) is 2. The fourth-order valence-electron chi connectivity index (χ4n) is 4.31. The number of aromatic nitrogens is 1. The number of allylic oxidation sites excluding steroid dienone is 2. The van der Waals surface area contributed by atoms with Crippen molar-refractivity contribution in [3.05, 3.63) is 30.5 Å². The van der Waals surface area contributed by atoms with Crippen molar-refractivity contribution in [2.24, 2.45) is 23.7 Å². The van der Waals surface area contributed by atoms with Crippen LogP contribution in [0.25, 0.3) is 0 Å². The quantitative estimate of drug-likeness (QED) is 0.638. The number of imide groups is 1. The van der Waals surface area contributed by atoms with Crippen molar-refractivity contribution in [2.75, 3.05) is 5.32 Å². The van der Waals surface area contributed by atoms with Gasteiger partial charge in [0.25, 0.3) is 0 Å². The van der Waals surface area contributed by atoms with Crippen LogP contribution in [-0.4, -0.2) is 38.8 Å². The molecule has 25 heavy (non-hydrogen) atoms. The van der Waals surface area contributed by atoms with Crippen LogP contribution in [0.15, 0.2) is 30.5 Å². The summed E-state index contributed by atoms with van der Waals surface area (Å²) in [5.41, 5.74) is 0. The number of carbonyl (C=O) groups excluding carboxylic acids is 3. The lowest BCUT2D eigenvalue weighted by Crippen LogP contribution is -2.46. The van der Waals surface area contributed by atoms with Crippen LogP contribution in [0.3, 0.4) is 0 Å². The average molecular weight is 341 g/mol. The zero-order valence-electron chi connectivity index (χ0n) is 13.8. The smallest absolute Gasteiger partial charge is 0.248 e. The number of nitrogens with one attached hydrogen (secondary N) is 1. The number of carbonyl (C=O) groups is 3. The second-order valence-corrected chi connectivity index (χ2v) is 6.92. The van der Waals surface area contributed by atoms with Crippen molar-refractivity contribution in [1.82, 2.24) is 9.88 Å². The molecule has 1 saturated carbocycles. The number of anilines is 1. The van der Waals surface area contributed by atoms with E-state index in [1.54, 1.807) is 0 Å². The molecule has 5 atom stereocenters. The minimum Gasteiger partial charge on any atom is -0.504 e. The van der Waals surface area contributed by atoms with Gasteiger partial charge in [0.05, 0.1) is 11.8 Å². The van der Waals surface area contributed by atoms with Crippen LogP contribution >= 0.6 is 0 Å². The molecule has 130 valence electrons. The summed E-state index contributed by atoms with van der Waals surface area (Å²) in [6.07, 6.45) is 7.35. The number of hydrogen-bond donors (Lipinski definition) is 2. The first-order valence-corrected chi connectivity index (χ1v) is 8.49. The minimum atomic E-state index is -0.952. The van der Waals surface area contributed by atoms with Crippen LogP contribution in [0.5, 0.6) is 5.75 Å². The van der Waals surface area contributed by atoms with Gasteiger partial charge in [-0.15, -0.1) is 0 Å². The van der Waals surface area contributed by atoms with E-state index in [-0.39, 0.29) is 47.1 Å². The number of hydrogen-bond acceptors (Lipinski definition) is 5. The van der Waals surface area contributed by atoms with Gasteiger partial charge in [0, 0.05) is 6.20 Å². The molecule has 3 amide bonds. The first kappa shape index (κ1) is 15.8. The Morgan fingerprint density at radius 1 is 1.24 bits per heavy atom. The van der Waals surface area contributed by atoms with Gasteiger partial charge in [-0.2, -0.15) is 0 Å². The van der Waals surface area contributed by atoms with Crippen LogP contribution in [0.1, 0.15) is 19.8 Å². The molecule has 0 spiro atoms. The molecule has 2 bridgehead atoms. The third kappa shape index (κ3) is 2.33. The maximum absolute atomic E-state index is 12.8. The number of rotatable bonds is 3. The molecule has 0 unspecified atom stereocenters. The predicted octanol–water partition coefficient (Wildman–Crippen LogP) is 1.31. The molecule has 0 radical (unpaired) electrons. The Morgan fingerprint density at radius 2 is 1.84 bits per heavy atom. The lowest BCUT2D eigenvalue weighted by atomic mass is 9.63.